The predicted octanol–water partition coefficient (Wildman–Crippen LogP) is 17.0. The van der Waals surface area contributed by atoms with Crippen molar-refractivity contribution in [3.8, 4) is 61.4 Å². The van der Waals surface area contributed by atoms with E-state index in [2.05, 4.69) is 181 Å². The minimum atomic E-state index is 0.270. The van der Waals surface area contributed by atoms with E-state index in [1.807, 2.05) is 48.5 Å². The molecule has 10 aromatic carbocycles. The van der Waals surface area contributed by atoms with Crippen molar-refractivity contribution in [2.45, 2.75) is 0 Å². The maximum Gasteiger partial charge on any atom is 0.143 e. The lowest BCUT2D eigenvalue weighted by atomic mass is 9.98. The molecular formula is C60H39NO3. The van der Waals surface area contributed by atoms with Crippen molar-refractivity contribution in [1.82, 2.24) is 0 Å². The summed E-state index contributed by atoms with van der Waals surface area (Å²) in [5, 5.41) is 14.9. The van der Waals surface area contributed by atoms with Crippen LogP contribution in [0.5, 0.6) is 5.75 Å². The van der Waals surface area contributed by atoms with E-state index in [-0.39, 0.29) is 5.75 Å². The van der Waals surface area contributed by atoms with Gasteiger partial charge in [-0.3, -0.25) is 0 Å². The molecule has 0 radical (unpaired) electrons. The lowest BCUT2D eigenvalue weighted by molar-refractivity contribution is 0.477. The molecule has 0 aliphatic carbocycles. The number of phenolic OH excluding ortho intramolecular Hbond substituents is 1. The van der Waals surface area contributed by atoms with E-state index in [9.17, 15) is 5.11 Å². The van der Waals surface area contributed by atoms with Crippen LogP contribution in [0.2, 0.25) is 0 Å². The fraction of sp³-hybridized carbons (Fsp3) is 0. The summed E-state index contributed by atoms with van der Waals surface area (Å²) in [6.45, 7) is 0. The summed E-state index contributed by atoms with van der Waals surface area (Å²) in [6, 6.07) is 80.0. The molecule has 0 saturated heterocycles. The molecular weight excluding hydrogens is 783 g/mol. The van der Waals surface area contributed by atoms with Gasteiger partial charge in [-0.05, 0) is 106 Å². The average Bonchev–Trinajstić information content (AvgIpc) is 3.94. The second kappa shape index (κ2) is 15.4. The van der Waals surface area contributed by atoms with Crippen molar-refractivity contribution < 1.29 is 13.9 Å². The molecule has 0 aliphatic rings. The largest absolute Gasteiger partial charge is 0.507 e. The Bertz CT molecular complexity index is 3660. The molecule has 0 amide bonds. The van der Waals surface area contributed by atoms with Crippen LogP contribution in [0.4, 0.5) is 17.1 Å². The maximum absolute atomic E-state index is 10.6. The van der Waals surface area contributed by atoms with Crippen LogP contribution in [0, 0.1) is 0 Å². The summed E-state index contributed by atoms with van der Waals surface area (Å²) in [7, 11) is 0. The van der Waals surface area contributed by atoms with Crippen LogP contribution in [-0.2, 0) is 0 Å². The van der Waals surface area contributed by atoms with Crippen LogP contribution < -0.4 is 4.90 Å². The number of phenols is 1. The summed E-state index contributed by atoms with van der Waals surface area (Å²) < 4.78 is 13.1. The first kappa shape index (κ1) is 37.2. The molecule has 0 fully saturated rings. The van der Waals surface area contributed by atoms with Crippen LogP contribution in [0.1, 0.15) is 0 Å². The van der Waals surface area contributed by atoms with Crippen LogP contribution in [-0.4, -0.2) is 5.11 Å². The van der Waals surface area contributed by atoms with Gasteiger partial charge in [0.25, 0.3) is 0 Å². The van der Waals surface area contributed by atoms with Gasteiger partial charge in [-0.2, -0.15) is 0 Å². The first-order valence-electron chi connectivity index (χ1n) is 21.5. The normalized spacial score (nSPS) is 11.5. The maximum atomic E-state index is 10.6. The number of furan rings is 2. The van der Waals surface area contributed by atoms with Crippen molar-refractivity contribution in [2.75, 3.05) is 4.90 Å². The zero-order valence-electron chi connectivity index (χ0n) is 34.7. The highest BCUT2D eigenvalue weighted by Crippen LogP contribution is 2.43. The predicted molar refractivity (Wildman–Crippen MR) is 265 cm³/mol. The first-order chi connectivity index (χ1) is 31.6. The van der Waals surface area contributed by atoms with E-state index < -0.39 is 0 Å². The lowest BCUT2D eigenvalue weighted by Gasteiger charge is -2.26. The quantitative estimate of drug-likeness (QED) is 0.166. The third kappa shape index (κ3) is 6.48. The molecule has 12 aromatic rings. The standard InChI is InChI=1S/C60H39NO3/c62-56-21-6-4-15-49(56)44-14-8-13-43(37-44)41-25-32-47(33-26-41)61(46-30-23-40(24-31-46)39-11-2-1-3-12-39)48-34-27-42(28-35-48)50-17-9-19-53-54-20-10-18-51(60(54)64-59(50)53)45-29-36-58-55(38-45)52-16-5-7-22-57(52)63-58/h1-38,62H. The zero-order chi connectivity index (χ0) is 42.6. The number of rotatable bonds is 8. The van der Waals surface area contributed by atoms with E-state index >= 15 is 0 Å². The number of hydrogen-bond donors (Lipinski definition) is 1. The molecule has 2 heterocycles. The third-order valence-electron chi connectivity index (χ3n) is 12.4. The smallest absolute Gasteiger partial charge is 0.143 e. The van der Waals surface area contributed by atoms with E-state index in [1.165, 1.54) is 5.56 Å². The first-order valence-corrected chi connectivity index (χ1v) is 21.5. The Hall–Kier alpha value is -8.60. The highest BCUT2D eigenvalue weighted by Gasteiger charge is 2.19. The van der Waals surface area contributed by atoms with Crippen molar-refractivity contribution in [1.29, 1.82) is 0 Å². The van der Waals surface area contributed by atoms with Crippen molar-refractivity contribution in [2.24, 2.45) is 0 Å². The molecule has 302 valence electrons. The van der Waals surface area contributed by atoms with Crippen molar-refractivity contribution in [3.63, 3.8) is 0 Å². The minimum Gasteiger partial charge on any atom is -0.507 e. The minimum absolute atomic E-state index is 0.270. The summed E-state index contributed by atoms with van der Waals surface area (Å²) in [5.74, 6) is 0.270. The molecule has 0 saturated carbocycles. The molecule has 4 heteroatoms. The van der Waals surface area contributed by atoms with Gasteiger partial charge in [0.15, 0.2) is 0 Å². The molecule has 0 unspecified atom stereocenters. The fourth-order valence-corrected chi connectivity index (χ4v) is 9.23. The van der Waals surface area contributed by atoms with Gasteiger partial charge in [0.2, 0.25) is 0 Å². The zero-order valence-corrected chi connectivity index (χ0v) is 34.7. The summed E-state index contributed by atoms with van der Waals surface area (Å²) in [4.78, 5) is 2.30. The second-order valence-electron chi connectivity index (χ2n) is 16.2. The van der Waals surface area contributed by atoms with Gasteiger partial charge in [-0.1, -0.05) is 164 Å². The van der Waals surface area contributed by atoms with Crippen molar-refractivity contribution in [3.05, 3.63) is 231 Å². The Morgan fingerprint density at radius 3 is 1.42 bits per heavy atom. The molecule has 0 spiro atoms. The number of para-hydroxylation sites is 4. The molecule has 4 nitrogen and oxygen atoms in total. The molecule has 2 aromatic heterocycles. The molecule has 0 bridgehead atoms. The summed E-state index contributed by atoms with van der Waals surface area (Å²) in [6.07, 6.45) is 0. The fourth-order valence-electron chi connectivity index (χ4n) is 9.23. The Labute approximate surface area is 370 Å². The van der Waals surface area contributed by atoms with E-state index in [0.717, 1.165) is 111 Å². The Morgan fingerprint density at radius 2 is 0.734 bits per heavy atom. The third-order valence-corrected chi connectivity index (χ3v) is 12.4. The number of aromatic hydroxyl groups is 1. The topological polar surface area (TPSA) is 49.8 Å². The van der Waals surface area contributed by atoms with Crippen LogP contribution in [0.3, 0.4) is 0 Å². The Morgan fingerprint density at radius 1 is 0.281 bits per heavy atom. The van der Waals surface area contributed by atoms with Gasteiger partial charge in [-0.25, -0.2) is 0 Å². The molecule has 0 atom stereocenters. The Balaban J connectivity index is 0.915. The highest BCUT2D eigenvalue weighted by molar-refractivity contribution is 6.14. The second-order valence-corrected chi connectivity index (χ2v) is 16.2. The van der Waals surface area contributed by atoms with Gasteiger partial charge in [0, 0.05) is 55.3 Å². The van der Waals surface area contributed by atoms with E-state index in [1.54, 1.807) is 6.07 Å². The summed E-state index contributed by atoms with van der Waals surface area (Å²) in [5.41, 5.74) is 17.2. The van der Waals surface area contributed by atoms with Gasteiger partial charge >= 0.3 is 0 Å². The average molecular weight is 822 g/mol. The monoisotopic (exact) mass is 821 g/mol. The van der Waals surface area contributed by atoms with Crippen LogP contribution >= 0.6 is 0 Å². The Kier molecular flexibility index (Phi) is 8.94. The number of anilines is 3. The number of hydrogen-bond acceptors (Lipinski definition) is 4. The van der Waals surface area contributed by atoms with Crippen LogP contribution in [0.15, 0.2) is 239 Å². The van der Waals surface area contributed by atoms with Gasteiger partial charge in [0.1, 0.15) is 28.1 Å². The van der Waals surface area contributed by atoms with Gasteiger partial charge < -0.3 is 18.8 Å². The highest BCUT2D eigenvalue weighted by atomic mass is 16.3. The number of benzene rings is 10. The van der Waals surface area contributed by atoms with E-state index in [0.29, 0.717) is 0 Å². The molecule has 12 rings (SSSR count). The SMILES string of the molecule is Oc1ccccc1-c1cccc(-c2ccc(N(c3ccc(-c4ccccc4)cc3)c3ccc(-c4cccc5c4oc4c(-c6ccc7oc8ccccc8c7c6)cccc45)cc3)cc2)c1. The van der Waals surface area contributed by atoms with E-state index in [4.69, 9.17) is 8.83 Å². The number of nitrogens with zero attached hydrogens (tertiary/aromatic N) is 1. The van der Waals surface area contributed by atoms with Gasteiger partial charge in [0.05, 0.1) is 0 Å². The number of fused-ring (bicyclic) bond motifs is 6. The lowest BCUT2D eigenvalue weighted by Crippen LogP contribution is -2.09. The molecule has 0 aliphatic heterocycles. The van der Waals surface area contributed by atoms with Crippen LogP contribution in [0.25, 0.3) is 99.5 Å². The van der Waals surface area contributed by atoms with Crippen molar-refractivity contribution >= 4 is 60.9 Å². The summed E-state index contributed by atoms with van der Waals surface area (Å²) >= 11 is 0. The molecule has 1 N–H and O–H groups in total. The van der Waals surface area contributed by atoms with Gasteiger partial charge in [-0.15, -0.1) is 0 Å². The molecule has 64 heavy (non-hydrogen) atoms.